The van der Waals surface area contributed by atoms with Crippen LogP contribution in [0, 0.1) is 0 Å². The number of aryl methyl sites for hydroxylation is 1. The molecule has 1 aromatic rings. The number of hydrogen-bond donors (Lipinski definition) is 1. The molecule has 1 aromatic heterocycles. The lowest BCUT2D eigenvalue weighted by Gasteiger charge is -1.98. The highest BCUT2D eigenvalue weighted by atomic mass is 32.1. The van der Waals surface area contributed by atoms with Gasteiger partial charge in [-0.15, -0.1) is 11.3 Å². The number of aromatic nitrogens is 1. The van der Waals surface area contributed by atoms with Crippen LogP contribution in [0.1, 0.15) is 22.0 Å². The molecule has 1 rings (SSSR count). The molecule has 0 saturated carbocycles. The van der Waals surface area contributed by atoms with E-state index in [1.54, 1.807) is 25.6 Å². The molecule has 0 atom stereocenters. The van der Waals surface area contributed by atoms with Gasteiger partial charge < -0.3 is 14.6 Å². The van der Waals surface area contributed by atoms with E-state index in [1.807, 2.05) is 0 Å². The van der Waals surface area contributed by atoms with Crippen LogP contribution < -0.4 is 0 Å². The van der Waals surface area contributed by atoms with E-state index >= 15 is 0 Å². The number of carbonyl (C=O) groups is 1. The van der Waals surface area contributed by atoms with Crippen LogP contribution in [0.4, 0.5) is 0 Å². The quantitative estimate of drug-likeness (QED) is 0.766. The van der Waals surface area contributed by atoms with Crippen LogP contribution in [0.15, 0.2) is 0 Å². The van der Waals surface area contributed by atoms with Gasteiger partial charge in [-0.05, 0) is 6.42 Å². The zero-order valence-corrected chi connectivity index (χ0v) is 10.9. The summed E-state index contributed by atoms with van der Waals surface area (Å²) >= 11 is 1.55. The van der Waals surface area contributed by atoms with Crippen molar-refractivity contribution in [3.63, 3.8) is 0 Å². The van der Waals surface area contributed by atoms with E-state index in [1.165, 1.54) is 0 Å². The summed E-state index contributed by atoms with van der Waals surface area (Å²) in [6.45, 7) is 1.05. The molecule has 1 heterocycles. The zero-order valence-electron chi connectivity index (χ0n) is 10.1. The minimum absolute atomic E-state index is 0.128. The van der Waals surface area contributed by atoms with Gasteiger partial charge in [0, 0.05) is 25.5 Å². The summed E-state index contributed by atoms with van der Waals surface area (Å²) in [4.78, 5) is 16.0. The molecule has 0 aliphatic heterocycles. The van der Waals surface area contributed by atoms with Gasteiger partial charge in [0.1, 0.15) is 0 Å². The number of nitrogens with zero attached hydrogens (tertiary/aromatic N) is 1. The van der Waals surface area contributed by atoms with Gasteiger partial charge in [-0.3, -0.25) is 4.79 Å². The SMILES string of the molecule is COCCc1nc(COC)c(CCC(=O)O)s1. The van der Waals surface area contributed by atoms with E-state index in [2.05, 4.69) is 4.98 Å². The Kier molecular flexibility index (Phi) is 6.10. The lowest BCUT2D eigenvalue weighted by atomic mass is 10.2. The van der Waals surface area contributed by atoms with E-state index in [-0.39, 0.29) is 6.42 Å². The Morgan fingerprint density at radius 2 is 2.12 bits per heavy atom. The fraction of sp³-hybridized carbons (Fsp3) is 0.636. The van der Waals surface area contributed by atoms with Crippen molar-refractivity contribution >= 4 is 17.3 Å². The van der Waals surface area contributed by atoms with Crippen LogP contribution in [0.2, 0.25) is 0 Å². The molecule has 0 fully saturated rings. The molecular formula is C11H17NO4S. The van der Waals surface area contributed by atoms with Gasteiger partial charge in [0.15, 0.2) is 0 Å². The Morgan fingerprint density at radius 1 is 1.35 bits per heavy atom. The Labute approximate surface area is 104 Å². The normalized spacial score (nSPS) is 10.7. The van der Waals surface area contributed by atoms with E-state index in [0.29, 0.717) is 19.6 Å². The molecule has 1 N–H and O–H groups in total. The standard InChI is InChI=1S/C11H17NO4S/c1-15-6-5-10-12-8(7-16-2)9(17-10)3-4-11(13)14/h3-7H2,1-2H3,(H,13,14). The zero-order chi connectivity index (χ0) is 12.7. The maximum Gasteiger partial charge on any atom is 0.303 e. The minimum Gasteiger partial charge on any atom is -0.481 e. The van der Waals surface area contributed by atoms with Crippen LogP contribution in [0.3, 0.4) is 0 Å². The Morgan fingerprint density at radius 3 is 2.71 bits per heavy atom. The number of rotatable bonds is 8. The molecule has 0 aliphatic rings. The maximum absolute atomic E-state index is 10.6. The number of aliphatic carboxylic acids is 1. The van der Waals surface area contributed by atoms with Crippen LogP contribution in [0.25, 0.3) is 0 Å². The van der Waals surface area contributed by atoms with Crippen LogP contribution in [-0.2, 0) is 33.7 Å². The Bertz CT molecular complexity index is 364. The van der Waals surface area contributed by atoms with Gasteiger partial charge in [0.05, 0.1) is 30.3 Å². The first-order chi connectivity index (χ1) is 8.17. The highest BCUT2D eigenvalue weighted by molar-refractivity contribution is 7.11. The van der Waals surface area contributed by atoms with Crippen LogP contribution in [0.5, 0.6) is 0 Å². The van der Waals surface area contributed by atoms with Crippen molar-refractivity contribution in [2.75, 3.05) is 20.8 Å². The predicted octanol–water partition coefficient (Wildman–Crippen LogP) is 1.50. The molecule has 0 amide bonds. The van der Waals surface area contributed by atoms with Gasteiger partial charge >= 0.3 is 5.97 Å². The largest absolute Gasteiger partial charge is 0.481 e. The van der Waals surface area contributed by atoms with E-state index in [0.717, 1.165) is 22.0 Å². The number of carboxylic acids is 1. The van der Waals surface area contributed by atoms with Crippen molar-refractivity contribution in [2.24, 2.45) is 0 Å². The lowest BCUT2D eigenvalue weighted by molar-refractivity contribution is -0.136. The molecule has 5 nitrogen and oxygen atoms in total. The number of hydrogen-bond acceptors (Lipinski definition) is 5. The maximum atomic E-state index is 10.6. The van der Waals surface area contributed by atoms with E-state index in [9.17, 15) is 4.79 Å². The van der Waals surface area contributed by atoms with Gasteiger partial charge in [0.25, 0.3) is 0 Å². The third-order valence-electron chi connectivity index (χ3n) is 2.19. The van der Waals surface area contributed by atoms with Crippen molar-refractivity contribution in [2.45, 2.75) is 25.9 Å². The summed E-state index contributed by atoms with van der Waals surface area (Å²) in [6, 6.07) is 0. The third-order valence-corrected chi connectivity index (χ3v) is 3.41. The summed E-state index contributed by atoms with van der Waals surface area (Å²) in [5.74, 6) is -0.791. The fourth-order valence-electron chi connectivity index (χ4n) is 1.40. The average molecular weight is 259 g/mol. The molecular weight excluding hydrogens is 242 g/mol. The highest BCUT2D eigenvalue weighted by Gasteiger charge is 2.12. The van der Waals surface area contributed by atoms with Crippen molar-refractivity contribution < 1.29 is 19.4 Å². The topological polar surface area (TPSA) is 68.7 Å². The first-order valence-corrected chi connectivity index (χ1v) is 6.16. The molecule has 0 aromatic carbocycles. The minimum atomic E-state index is -0.791. The summed E-state index contributed by atoms with van der Waals surface area (Å²) in [5.41, 5.74) is 0.852. The predicted molar refractivity (Wildman–Crippen MR) is 64.4 cm³/mol. The smallest absolute Gasteiger partial charge is 0.303 e. The Balaban J connectivity index is 2.69. The molecule has 0 unspecified atom stereocenters. The third kappa shape index (κ3) is 4.80. The van der Waals surface area contributed by atoms with Crippen molar-refractivity contribution in [1.29, 1.82) is 0 Å². The summed E-state index contributed by atoms with van der Waals surface area (Å²) < 4.78 is 10.1. The molecule has 0 aliphatic carbocycles. The highest BCUT2D eigenvalue weighted by Crippen LogP contribution is 2.21. The molecule has 0 spiro atoms. The second kappa shape index (κ2) is 7.37. The van der Waals surface area contributed by atoms with Crippen molar-refractivity contribution in [3.8, 4) is 0 Å². The second-order valence-electron chi connectivity index (χ2n) is 3.55. The van der Waals surface area contributed by atoms with Crippen molar-refractivity contribution in [1.82, 2.24) is 4.98 Å². The van der Waals surface area contributed by atoms with Gasteiger partial charge in [-0.25, -0.2) is 4.98 Å². The number of thiazole rings is 1. The van der Waals surface area contributed by atoms with Gasteiger partial charge in [0.2, 0.25) is 0 Å². The van der Waals surface area contributed by atoms with Gasteiger partial charge in [-0.2, -0.15) is 0 Å². The number of ether oxygens (including phenoxy) is 2. The average Bonchev–Trinajstić information content (AvgIpc) is 2.67. The van der Waals surface area contributed by atoms with Crippen LogP contribution in [-0.4, -0.2) is 36.9 Å². The molecule has 17 heavy (non-hydrogen) atoms. The second-order valence-corrected chi connectivity index (χ2v) is 4.72. The fourth-order valence-corrected chi connectivity index (χ4v) is 2.45. The summed E-state index contributed by atoms with van der Waals surface area (Å²) in [5, 5.41) is 9.65. The molecule has 0 saturated heterocycles. The lowest BCUT2D eigenvalue weighted by Crippen LogP contribution is -1.99. The van der Waals surface area contributed by atoms with E-state index in [4.69, 9.17) is 14.6 Å². The number of methoxy groups -OCH3 is 2. The van der Waals surface area contributed by atoms with Gasteiger partial charge in [-0.1, -0.05) is 0 Å². The Hall–Kier alpha value is -0.980. The molecule has 0 radical (unpaired) electrons. The molecule has 6 heteroatoms. The summed E-state index contributed by atoms with van der Waals surface area (Å²) in [7, 11) is 3.25. The van der Waals surface area contributed by atoms with E-state index < -0.39 is 5.97 Å². The first-order valence-electron chi connectivity index (χ1n) is 5.34. The molecule has 96 valence electrons. The summed E-state index contributed by atoms with van der Waals surface area (Å²) in [6.07, 6.45) is 1.40. The number of carboxylic acid groups (broad SMARTS) is 1. The first kappa shape index (κ1) is 14.1. The van der Waals surface area contributed by atoms with Crippen molar-refractivity contribution in [3.05, 3.63) is 15.6 Å². The monoisotopic (exact) mass is 259 g/mol. The van der Waals surface area contributed by atoms with Crippen LogP contribution >= 0.6 is 11.3 Å². The molecule has 0 bridgehead atoms.